The fourth-order valence-electron chi connectivity index (χ4n) is 1.86. The molecule has 0 amide bonds. The van der Waals surface area contributed by atoms with E-state index in [1.807, 2.05) is 13.0 Å². The molecule has 14 heavy (non-hydrogen) atoms. The van der Waals surface area contributed by atoms with Crippen LogP contribution in [-0.2, 0) is 11.2 Å². The van der Waals surface area contributed by atoms with Gasteiger partial charge in [0.1, 0.15) is 5.78 Å². The molecule has 1 aromatic rings. The van der Waals surface area contributed by atoms with E-state index in [2.05, 4.69) is 24.3 Å². The normalized spacial score (nSPS) is 13.6. The van der Waals surface area contributed by atoms with Crippen LogP contribution in [0.25, 0.3) is 5.57 Å². The van der Waals surface area contributed by atoms with Gasteiger partial charge in [0.15, 0.2) is 0 Å². The minimum atomic E-state index is 0.327. The average molecular weight is 186 g/mol. The van der Waals surface area contributed by atoms with Crippen LogP contribution in [0.2, 0.25) is 0 Å². The lowest BCUT2D eigenvalue weighted by molar-refractivity contribution is -0.117. The summed E-state index contributed by atoms with van der Waals surface area (Å²) >= 11 is 0. The van der Waals surface area contributed by atoms with Gasteiger partial charge in [-0.25, -0.2) is 0 Å². The first-order valence-electron chi connectivity index (χ1n) is 5.10. The molecule has 0 atom stereocenters. The Morgan fingerprint density at radius 2 is 2.14 bits per heavy atom. The molecule has 0 heterocycles. The average Bonchev–Trinajstić information content (AvgIpc) is 2.62. The van der Waals surface area contributed by atoms with Crippen LogP contribution in [0.4, 0.5) is 0 Å². The van der Waals surface area contributed by atoms with Crippen molar-refractivity contribution in [2.45, 2.75) is 26.2 Å². The number of fused-ring (bicyclic) bond motifs is 1. The highest BCUT2D eigenvalue weighted by Gasteiger charge is 2.14. The van der Waals surface area contributed by atoms with Crippen molar-refractivity contribution in [2.75, 3.05) is 0 Å². The first-order chi connectivity index (χ1) is 6.81. The van der Waals surface area contributed by atoms with Crippen molar-refractivity contribution in [3.05, 3.63) is 41.5 Å². The zero-order chi connectivity index (χ0) is 9.97. The minimum Gasteiger partial charge on any atom is -0.299 e. The summed E-state index contributed by atoms with van der Waals surface area (Å²) in [5, 5.41) is 0. The van der Waals surface area contributed by atoms with Gasteiger partial charge in [-0.05, 0) is 23.1 Å². The van der Waals surface area contributed by atoms with Gasteiger partial charge in [-0.1, -0.05) is 37.3 Å². The van der Waals surface area contributed by atoms with E-state index in [-0.39, 0.29) is 0 Å². The molecule has 0 saturated heterocycles. The second kappa shape index (κ2) is 3.79. The highest BCUT2D eigenvalue weighted by molar-refractivity contribution is 5.91. The number of hydrogen-bond acceptors (Lipinski definition) is 1. The van der Waals surface area contributed by atoms with Crippen molar-refractivity contribution in [3.63, 3.8) is 0 Å². The van der Waals surface area contributed by atoms with Crippen molar-refractivity contribution >= 4 is 11.4 Å². The van der Waals surface area contributed by atoms with Gasteiger partial charge < -0.3 is 0 Å². The lowest BCUT2D eigenvalue weighted by Crippen LogP contribution is -1.96. The maximum atomic E-state index is 11.3. The zero-order valence-corrected chi connectivity index (χ0v) is 8.42. The summed E-state index contributed by atoms with van der Waals surface area (Å²) in [4.78, 5) is 11.3. The summed E-state index contributed by atoms with van der Waals surface area (Å²) < 4.78 is 0. The summed E-state index contributed by atoms with van der Waals surface area (Å²) in [6.45, 7) is 1.92. The van der Waals surface area contributed by atoms with E-state index >= 15 is 0 Å². The second-order valence-corrected chi connectivity index (χ2v) is 3.66. The number of carbonyl (C=O) groups excluding carboxylic acids is 1. The number of Topliss-reactive ketones (excluding diaryl/α,β-unsaturated/α-hetero) is 1. The number of rotatable bonds is 3. The van der Waals surface area contributed by atoms with E-state index in [1.54, 1.807) is 0 Å². The molecule has 0 bridgehead atoms. The lowest BCUT2D eigenvalue weighted by atomic mass is 10.0. The third kappa shape index (κ3) is 1.63. The standard InChI is InChI=1S/C13H14O/c1-2-12(14)9-11-8-7-10-5-3-4-6-13(10)11/h3-6,8H,2,7,9H2,1H3. The number of benzene rings is 1. The van der Waals surface area contributed by atoms with Crippen LogP contribution < -0.4 is 0 Å². The molecule has 1 aromatic carbocycles. The SMILES string of the molecule is CCC(=O)CC1=CCc2ccccc21. The molecule has 1 aliphatic rings. The van der Waals surface area contributed by atoms with Crippen LogP contribution >= 0.6 is 0 Å². The fraction of sp³-hybridized carbons (Fsp3) is 0.308. The first kappa shape index (κ1) is 9.20. The Morgan fingerprint density at radius 3 is 2.93 bits per heavy atom. The molecule has 72 valence electrons. The molecule has 0 fully saturated rings. The molecule has 0 radical (unpaired) electrons. The molecule has 0 N–H and O–H groups in total. The highest BCUT2D eigenvalue weighted by atomic mass is 16.1. The molecule has 2 rings (SSSR count). The topological polar surface area (TPSA) is 17.1 Å². The summed E-state index contributed by atoms with van der Waals surface area (Å²) in [6.07, 6.45) is 4.41. The largest absolute Gasteiger partial charge is 0.299 e. The van der Waals surface area contributed by atoms with Crippen LogP contribution in [0.1, 0.15) is 30.9 Å². The third-order valence-electron chi connectivity index (χ3n) is 2.71. The van der Waals surface area contributed by atoms with Crippen molar-refractivity contribution in [2.24, 2.45) is 0 Å². The van der Waals surface area contributed by atoms with Crippen LogP contribution in [-0.4, -0.2) is 5.78 Å². The van der Waals surface area contributed by atoms with E-state index in [0.717, 1.165) is 6.42 Å². The third-order valence-corrected chi connectivity index (χ3v) is 2.71. The molecule has 1 aliphatic carbocycles. The summed E-state index contributed by atoms with van der Waals surface area (Å²) in [5.74, 6) is 0.327. The van der Waals surface area contributed by atoms with Gasteiger partial charge in [0.25, 0.3) is 0 Å². The Labute approximate surface area is 84.5 Å². The van der Waals surface area contributed by atoms with Gasteiger partial charge in [-0.15, -0.1) is 0 Å². The van der Waals surface area contributed by atoms with Crippen LogP contribution in [0.3, 0.4) is 0 Å². The monoisotopic (exact) mass is 186 g/mol. The smallest absolute Gasteiger partial charge is 0.137 e. The van der Waals surface area contributed by atoms with Crippen molar-refractivity contribution in [1.82, 2.24) is 0 Å². The van der Waals surface area contributed by atoms with Gasteiger partial charge in [-0.3, -0.25) is 4.79 Å². The first-order valence-corrected chi connectivity index (χ1v) is 5.10. The summed E-state index contributed by atoms with van der Waals surface area (Å²) in [6, 6.07) is 8.33. The van der Waals surface area contributed by atoms with E-state index in [9.17, 15) is 4.79 Å². The predicted molar refractivity (Wildman–Crippen MR) is 58.0 cm³/mol. The molecular weight excluding hydrogens is 172 g/mol. The fourth-order valence-corrected chi connectivity index (χ4v) is 1.86. The minimum absolute atomic E-state index is 0.327. The van der Waals surface area contributed by atoms with Crippen LogP contribution in [0.15, 0.2) is 30.3 Å². The van der Waals surface area contributed by atoms with E-state index in [0.29, 0.717) is 18.6 Å². The maximum Gasteiger partial charge on any atom is 0.137 e. The number of allylic oxidation sites excluding steroid dienone is 2. The predicted octanol–water partition coefficient (Wildman–Crippen LogP) is 3.00. The lowest BCUT2D eigenvalue weighted by Gasteiger charge is -2.03. The Balaban J connectivity index is 2.21. The van der Waals surface area contributed by atoms with Gasteiger partial charge in [-0.2, -0.15) is 0 Å². The molecule has 0 aromatic heterocycles. The number of carbonyl (C=O) groups is 1. The van der Waals surface area contributed by atoms with Crippen LogP contribution in [0.5, 0.6) is 0 Å². The quantitative estimate of drug-likeness (QED) is 0.709. The summed E-state index contributed by atoms with van der Waals surface area (Å²) in [7, 11) is 0. The molecule has 1 nitrogen and oxygen atoms in total. The van der Waals surface area contributed by atoms with Gasteiger partial charge in [0.05, 0.1) is 0 Å². The van der Waals surface area contributed by atoms with Crippen molar-refractivity contribution in [3.8, 4) is 0 Å². The van der Waals surface area contributed by atoms with E-state index < -0.39 is 0 Å². The van der Waals surface area contributed by atoms with Gasteiger partial charge >= 0.3 is 0 Å². The molecular formula is C13H14O. The Hall–Kier alpha value is -1.37. The number of ketones is 1. The highest BCUT2D eigenvalue weighted by Crippen LogP contribution is 2.29. The second-order valence-electron chi connectivity index (χ2n) is 3.66. The molecule has 0 spiro atoms. The Bertz CT molecular complexity index is 388. The number of hydrogen-bond donors (Lipinski definition) is 0. The molecule has 1 heteroatoms. The molecule has 0 saturated carbocycles. The van der Waals surface area contributed by atoms with Crippen LogP contribution in [0, 0.1) is 0 Å². The van der Waals surface area contributed by atoms with Gasteiger partial charge in [0.2, 0.25) is 0 Å². The maximum absolute atomic E-state index is 11.3. The van der Waals surface area contributed by atoms with Crippen molar-refractivity contribution < 1.29 is 4.79 Å². The Kier molecular flexibility index (Phi) is 2.49. The molecule has 0 unspecified atom stereocenters. The van der Waals surface area contributed by atoms with Gasteiger partial charge in [0, 0.05) is 12.8 Å². The van der Waals surface area contributed by atoms with E-state index in [1.165, 1.54) is 16.7 Å². The van der Waals surface area contributed by atoms with E-state index in [4.69, 9.17) is 0 Å². The van der Waals surface area contributed by atoms with Crippen molar-refractivity contribution in [1.29, 1.82) is 0 Å². The Morgan fingerprint density at radius 1 is 1.36 bits per heavy atom. The zero-order valence-electron chi connectivity index (χ0n) is 8.42. The summed E-state index contributed by atoms with van der Waals surface area (Å²) in [5.41, 5.74) is 3.84. The molecule has 0 aliphatic heterocycles.